The van der Waals surface area contributed by atoms with Crippen LogP contribution in [0.1, 0.15) is 26.3 Å². The van der Waals surface area contributed by atoms with Crippen LogP contribution in [0.3, 0.4) is 0 Å². The number of hydrogen-bond acceptors (Lipinski definition) is 5. The highest BCUT2D eigenvalue weighted by Crippen LogP contribution is 2.38. The predicted molar refractivity (Wildman–Crippen MR) is 123 cm³/mol. The molecule has 2 aromatic rings. The Morgan fingerprint density at radius 1 is 1.26 bits per heavy atom. The minimum Gasteiger partial charge on any atom is -0.490 e. The minimum atomic E-state index is -3.61. The Bertz CT molecular complexity index is 1070. The smallest absolute Gasteiger partial charge is 0.267 e. The van der Waals surface area contributed by atoms with Gasteiger partial charge in [0.25, 0.3) is 5.91 Å². The molecule has 0 unspecified atom stereocenters. The molecule has 1 heterocycles. The van der Waals surface area contributed by atoms with Gasteiger partial charge in [-0.05, 0) is 47.4 Å². The highest BCUT2D eigenvalue weighted by molar-refractivity contribution is 7.92. The van der Waals surface area contributed by atoms with Gasteiger partial charge in [-0.2, -0.15) is 0 Å². The third-order valence-electron chi connectivity index (χ3n) is 4.88. The largest absolute Gasteiger partial charge is 0.490 e. The fourth-order valence-corrected chi connectivity index (χ4v) is 4.09. The van der Waals surface area contributed by atoms with E-state index in [0.717, 1.165) is 11.8 Å². The molecule has 8 heteroatoms. The van der Waals surface area contributed by atoms with Crippen molar-refractivity contribution in [2.24, 2.45) is 0 Å². The van der Waals surface area contributed by atoms with Gasteiger partial charge in [0.05, 0.1) is 18.5 Å². The van der Waals surface area contributed by atoms with E-state index in [1.807, 2.05) is 32.9 Å². The summed E-state index contributed by atoms with van der Waals surface area (Å²) in [6, 6.07) is 12.3. The van der Waals surface area contributed by atoms with Crippen LogP contribution in [0.15, 0.2) is 55.1 Å². The van der Waals surface area contributed by atoms with Crippen molar-refractivity contribution in [3.63, 3.8) is 0 Å². The van der Waals surface area contributed by atoms with Crippen LogP contribution in [0.5, 0.6) is 11.5 Å². The fourth-order valence-electron chi connectivity index (χ4n) is 3.18. The Morgan fingerprint density at radius 3 is 2.52 bits per heavy atom. The number of benzene rings is 2. The molecule has 1 aliphatic rings. The second-order valence-electron chi connectivity index (χ2n) is 8.45. The quantitative estimate of drug-likeness (QED) is 0.687. The van der Waals surface area contributed by atoms with Crippen molar-refractivity contribution < 1.29 is 22.7 Å². The molecule has 0 fully saturated rings. The maximum absolute atomic E-state index is 12.8. The number of rotatable bonds is 6. The van der Waals surface area contributed by atoms with Gasteiger partial charge in [-0.15, -0.1) is 0 Å². The molecule has 0 radical (unpaired) electrons. The molecular formula is C23H28N2O5S. The average molecular weight is 445 g/mol. The van der Waals surface area contributed by atoms with Gasteiger partial charge in [0.1, 0.15) is 18.1 Å². The van der Waals surface area contributed by atoms with Gasteiger partial charge in [-0.1, -0.05) is 39.5 Å². The van der Waals surface area contributed by atoms with Crippen LogP contribution >= 0.6 is 0 Å². The predicted octanol–water partition coefficient (Wildman–Crippen LogP) is 3.71. The fraction of sp³-hybridized carbons (Fsp3) is 0.348. The van der Waals surface area contributed by atoms with E-state index in [1.54, 1.807) is 36.4 Å². The third-order valence-corrected chi connectivity index (χ3v) is 6.02. The monoisotopic (exact) mass is 444 g/mol. The number of nitrogens with zero attached hydrogens (tertiary/aromatic N) is 1. The lowest BCUT2D eigenvalue weighted by Crippen LogP contribution is -2.48. The van der Waals surface area contributed by atoms with Gasteiger partial charge in [0, 0.05) is 5.69 Å². The zero-order valence-electron chi connectivity index (χ0n) is 18.2. The van der Waals surface area contributed by atoms with Crippen LogP contribution in [0.2, 0.25) is 0 Å². The number of amides is 1. The lowest BCUT2D eigenvalue weighted by atomic mass is 9.86. The molecule has 0 bridgehead atoms. The number of anilines is 2. The van der Waals surface area contributed by atoms with Crippen LogP contribution in [0.4, 0.5) is 11.4 Å². The maximum Gasteiger partial charge on any atom is 0.267 e. The third kappa shape index (κ3) is 5.38. The van der Waals surface area contributed by atoms with Gasteiger partial charge < -0.3 is 14.8 Å². The van der Waals surface area contributed by atoms with E-state index in [1.165, 1.54) is 4.31 Å². The van der Waals surface area contributed by atoms with Crippen LogP contribution in [-0.4, -0.2) is 39.8 Å². The van der Waals surface area contributed by atoms with Gasteiger partial charge >= 0.3 is 0 Å². The molecule has 0 saturated heterocycles. The van der Waals surface area contributed by atoms with Crippen molar-refractivity contribution in [1.29, 1.82) is 0 Å². The van der Waals surface area contributed by atoms with E-state index >= 15 is 0 Å². The highest BCUT2D eigenvalue weighted by atomic mass is 32.2. The zero-order chi connectivity index (χ0) is 22.8. The molecule has 1 aliphatic heterocycles. The molecule has 1 atom stereocenters. The van der Waals surface area contributed by atoms with Crippen molar-refractivity contribution in [2.45, 2.75) is 32.3 Å². The second kappa shape index (κ2) is 8.63. The Hall–Kier alpha value is -3.00. The summed E-state index contributed by atoms with van der Waals surface area (Å²) in [5, 5.41) is 2.77. The summed E-state index contributed by atoms with van der Waals surface area (Å²) in [4.78, 5) is 12.8. The summed E-state index contributed by atoms with van der Waals surface area (Å²) in [6.07, 6.45) is 1.79. The van der Waals surface area contributed by atoms with Gasteiger partial charge in [0.15, 0.2) is 6.10 Å². The van der Waals surface area contributed by atoms with Gasteiger partial charge in [0.2, 0.25) is 10.0 Å². The summed E-state index contributed by atoms with van der Waals surface area (Å²) in [7, 11) is -3.61. The molecule has 31 heavy (non-hydrogen) atoms. The number of fused-ring (bicyclic) bond motifs is 1. The van der Waals surface area contributed by atoms with Crippen LogP contribution in [-0.2, 0) is 20.2 Å². The zero-order valence-corrected chi connectivity index (χ0v) is 19.0. The van der Waals surface area contributed by atoms with Crippen molar-refractivity contribution >= 4 is 27.3 Å². The SMILES string of the molecule is C=CCOc1ccc(NC(=O)[C@H]2CN(S(C)(=O)=O)c3cc(C(C)(C)C)ccc3O2)cc1. The van der Waals surface area contributed by atoms with Gasteiger partial charge in [-0.3, -0.25) is 9.10 Å². The Labute approximate surface area is 183 Å². The standard InChI is InChI=1S/C23H28N2O5S/c1-6-13-29-18-10-8-17(9-11-18)24-22(26)21-15-25(31(5,27)28)19-14-16(23(2,3)4)7-12-20(19)30-21/h6-12,14,21H,1,13,15H2,2-5H3,(H,24,26)/t21-/m1/s1. The lowest BCUT2D eigenvalue weighted by Gasteiger charge is -2.35. The number of sulfonamides is 1. The van der Waals surface area contributed by atoms with Crippen molar-refractivity contribution in [3.05, 3.63) is 60.7 Å². The summed E-state index contributed by atoms with van der Waals surface area (Å²) in [6.45, 7) is 10.0. The molecule has 7 nitrogen and oxygen atoms in total. The summed E-state index contributed by atoms with van der Waals surface area (Å²) >= 11 is 0. The summed E-state index contributed by atoms with van der Waals surface area (Å²) in [5.41, 5.74) is 1.82. The first-order valence-corrected chi connectivity index (χ1v) is 11.8. The first kappa shape index (κ1) is 22.7. The first-order valence-electron chi connectivity index (χ1n) is 9.92. The molecule has 166 valence electrons. The normalized spacial score (nSPS) is 16.1. The van der Waals surface area contributed by atoms with E-state index in [-0.39, 0.29) is 12.0 Å². The number of ether oxygens (including phenoxy) is 2. The maximum atomic E-state index is 12.8. The van der Waals surface area contributed by atoms with E-state index in [2.05, 4.69) is 11.9 Å². The Morgan fingerprint density at radius 2 is 1.94 bits per heavy atom. The van der Waals surface area contributed by atoms with Crippen molar-refractivity contribution in [1.82, 2.24) is 0 Å². The molecule has 0 aliphatic carbocycles. The molecule has 0 saturated carbocycles. The number of carbonyl (C=O) groups excluding carboxylic acids is 1. The molecular weight excluding hydrogens is 416 g/mol. The number of nitrogens with one attached hydrogen (secondary N) is 1. The molecule has 0 aromatic heterocycles. The topological polar surface area (TPSA) is 84.9 Å². The number of carbonyl (C=O) groups is 1. The van der Waals surface area contributed by atoms with E-state index in [0.29, 0.717) is 29.5 Å². The van der Waals surface area contributed by atoms with Crippen LogP contribution < -0.4 is 19.1 Å². The minimum absolute atomic E-state index is 0.105. The van der Waals surface area contributed by atoms with Crippen molar-refractivity contribution in [3.8, 4) is 11.5 Å². The second-order valence-corrected chi connectivity index (χ2v) is 10.4. The van der Waals surface area contributed by atoms with E-state index in [4.69, 9.17) is 9.47 Å². The summed E-state index contributed by atoms with van der Waals surface area (Å²) in [5.74, 6) is 0.579. The summed E-state index contributed by atoms with van der Waals surface area (Å²) < 4.78 is 37.5. The number of hydrogen-bond donors (Lipinski definition) is 1. The lowest BCUT2D eigenvalue weighted by molar-refractivity contribution is -0.122. The average Bonchev–Trinajstić information content (AvgIpc) is 2.70. The highest BCUT2D eigenvalue weighted by Gasteiger charge is 2.35. The van der Waals surface area contributed by atoms with Crippen LogP contribution in [0, 0.1) is 0 Å². The molecule has 1 N–H and O–H groups in total. The molecule has 1 amide bonds. The van der Waals surface area contributed by atoms with Crippen LogP contribution in [0.25, 0.3) is 0 Å². The van der Waals surface area contributed by atoms with E-state index in [9.17, 15) is 13.2 Å². The van der Waals surface area contributed by atoms with E-state index < -0.39 is 22.0 Å². The Kier molecular flexibility index (Phi) is 6.31. The molecule has 3 rings (SSSR count). The van der Waals surface area contributed by atoms with Crippen molar-refractivity contribution in [2.75, 3.05) is 29.0 Å². The molecule has 0 spiro atoms. The van der Waals surface area contributed by atoms with Gasteiger partial charge in [-0.25, -0.2) is 8.42 Å². The Balaban J connectivity index is 1.82. The molecule has 2 aromatic carbocycles. The first-order chi connectivity index (χ1) is 14.5.